The van der Waals surface area contributed by atoms with Crippen molar-refractivity contribution in [3.05, 3.63) is 41.0 Å². The highest BCUT2D eigenvalue weighted by atomic mass is 19.3. The van der Waals surface area contributed by atoms with Crippen LogP contribution in [0.15, 0.2) is 24.3 Å². The van der Waals surface area contributed by atoms with Gasteiger partial charge in [0.05, 0.1) is 47.0 Å². The number of ether oxygens (including phenoxy) is 7. The van der Waals surface area contributed by atoms with Crippen molar-refractivity contribution in [3.63, 3.8) is 0 Å². The summed E-state index contributed by atoms with van der Waals surface area (Å²) in [4.78, 5) is 13.4. The van der Waals surface area contributed by atoms with Crippen LogP contribution in [0.5, 0.6) is 28.7 Å². The molecule has 2 aromatic rings. The Hall–Kier alpha value is -3.47. The van der Waals surface area contributed by atoms with Crippen LogP contribution in [0.25, 0.3) is 0 Å². The smallest absolute Gasteiger partial charge is 0.310 e. The van der Waals surface area contributed by atoms with Gasteiger partial charge in [-0.15, -0.1) is 0 Å². The Kier molecular flexibility index (Phi) is 8.43. The number of halogens is 2. The molecule has 0 unspecified atom stereocenters. The van der Waals surface area contributed by atoms with Crippen molar-refractivity contribution in [2.24, 2.45) is 11.8 Å². The lowest BCUT2D eigenvalue weighted by Crippen LogP contribution is -2.64. The Morgan fingerprint density at radius 1 is 0.911 bits per heavy atom. The zero-order valence-electron chi connectivity index (χ0n) is 24.6. The highest BCUT2D eigenvalue weighted by Gasteiger charge is 2.56. The molecule has 5 N–H and O–H groups in total. The number of cyclic esters (lactones) is 1. The summed E-state index contributed by atoms with van der Waals surface area (Å²) >= 11 is 0. The van der Waals surface area contributed by atoms with E-state index in [4.69, 9.17) is 33.2 Å². The van der Waals surface area contributed by atoms with Gasteiger partial charge in [-0.05, 0) is 41.0 Å². The van der Waals surface area contributed by atoms with Crippen molar-refractivity contribution in [2.45, 2.75) is 48.4 Å². The number of carbonyl (C=O) groups is 1. The van der Waals surface area contributed by atoms with E-state index in [2.05, 4.69) is 5.32 Å². The van der Waals surface area contributed by atoms with E-state index < -0.39 is 79.4 Å². The van der Waals surface area contributed by atoms with Gasteiger partial charge in [0.1, 0.15) is 24.4 Å². The minimum Gasteiger partial charge on any atom is -0.493 e. The largest absolute Gasteiger partial charge is 0.493 e. The van der Waals surface area contributed by atoms with Gasteiger partial charge in [0.25, 0.3) is 5.92 Å². The summed E-state index contributed by atoms with van der Waals surface area (Å²) in [7, 11) is 4.41. The van der Waals surface area contributed by atoms with Crippen molar-refractivity contribution in [1.29, 1.82) is 0 Å². The van der Waals surface area contributed by atoms with Gasteiger partial charge in [-0.2, -0.15) is 0 Å². The summed E-state index contributed by atoms with van der Waals surface area (Å²) in [6, 6.07) is 6.00. The van der Waals surface area contributed by atoms with E-state index >= 15 is 8.78 Å². The van der Waals surface area contributed by atoms with Gasteiger partial charge in [0, 0.05) is 17.9 Å². The van der Waals surface area contributed by atoms with Crippen LogP contribution < -0.4 is 29.0 Å². The van der Waals surface area contributed by atoms with Gasteiger partial charge >= 0.3 is 5.97 Å². The Labute approximate surface area is 256 Å². The molecule has 45 heavy (non-hydrogen) atoms. The molecule has 1 aliphatic carbocycles. The Balaban J connectivity index is 1.40. The summed E-state index contributed by atoms with van der Waals surface area (Å²) in [6.45, 7) is -2.02. The van der Waals surface area contributed by atoms with Gasteiger partial charge in [-0.1, -0.05) is 0 Å². The summed E-state index contributed by atoms with van der Waals surface area (Å²) in [6.07, 6.45) is -9.63. The number of hydrogen-bond acceptors (Lipinski definition) is 13. The Morgan fingerprint density at radius 2 is 1.56 bits per heavy atom. The lowest BCUT2D eigenvalue weighted by molar-refractivity contribution is -0.279. The second-order valence-corrected chi connectivity index (χ2v) is 11.5. The van der Waals surface area contributed by atoms with Gasteiger partial charge < -0.3 is 58.9 Å². The van der Waals surface area contributed by atoms with E-state index in [1.165, 1.54) is 21.3 Å². The molecule has 6 rings (SSSR count). The lowest BCUT2D eigenvalue weighted by Gasteiger charge is -2.44. The molecule has 13 nitrogen and oxygen atoms in total. The maximum Gasteiger partial charge on any atom is 0.310 e. The highest BCUT2D eigenvalue weighted by Crippen LogP contribution is 2.55. The zero-order valence-corrected chi connectivity index (χ0v) is 24.6. The molecule has 3 aliphatic heterocycles. The first kappa shape index (κ1) is 31.5. The normalized spacial score (nSPS) is 32.0. The van der Waals surface area contributed by atoms with E-state index in [9.17, 15) is 25.2 Å². The van der Waals surface area contributed by atoms with Crippen LogP contribution in [0.3, 0.4) is 0 Å². The highest BCUT2D eigenvalue weighted by molar-refractivity contribution is 5.79. The lowest BCUT2D eigenvalue weighted by atomic mass is 9.65. The van der Waals surface area contributed by atoms with Crippen LogP contribution in [-0.2, 0) is 14.3 Å². The summed E-state index contributed by atoms with van der Waals surface area (Å²) in [5.74, 6) is -4.51. The molecular formula is C30H35F2NO12. The van der Waals surface area contributed by atoms with Gasteiger partial charge in [0.2, 0.25) is 12.5 Å². The van der Waals surface area contributed by atoms with E-state index in [0.717, 1.165) is 0 Å². The number of carbonyl (C=O) groups excluding carboxylic acids is 1. The topological polar surface area (TPSA) is 175 Å². The fraction of sp³-hybridized carbons (Fsp3) is 0.567. The van der Waals surface area contributed by atoms with Crippen molar-refractivity contribution in [2.75, 3.05) is 47.9 Å². The van der Waals surface area contributed by atoms with Crippen molar-refractivity contribution >= 4 is 5.97 Å². The molecule has 0 spiro atoms. The molecule has 2 aromatic carbocycles. The zero-order chi connectivity index (χ0) is 32.2. The monoisotopic (exact) mass is 639 g/mol. The molecule has 15 heteroatoms. The van der Waals surface area contributed by atoms with E-state index in [1.807, 2.05) is 0 Å². The molecule has 0 bridgehead atoms. The number of hydrogen-bond donors (Lipinski definition) is 5. The second-order valence-electron chi connectivity index (χ2n) is 11.5. The minimum absolute atomic E-state index is 0.0464. The van der Waals surface area contributed by atoms with E-state index in [0.29, 0.717) is 45.4 Å². The van der Waals surface area contributed by atoms with Crippen molar-refractivity contribution < 1.29 is 67.2 Å². The molecule has 4 aliphatic rings. The predicted octanol–water partition coefficient (Wildman–Crippen LogP) is 0.484. The number of nitrogens with one attached hydrogen (secondary N) is 1. The number of aliphatic hydroxyl groups excluding tert-OH is 4. The Bertz CT molecular complexity index is 1410. The first-order chi connectivity index (χ1) is 21.5. The van der Waals surface area contributed by atoms with Crippen molar-refractivity contribution in [3.8, 4) is 28.7 Å². The van der Waals surface area contributed by atoms with Gasteiger partial charge in [0.15, 0.2) is 29.1 Å². The second kappa shape index (κ2) is 12.0. The minimum atomic E-state index is -3.79. The first-order valence-corrected chi connectivity index (χ1v) is 14.4. The third-order valence-corrected chi connectivity index (χ3v) is 9.10. The summed E-state index contributed by atoms with van der Waals surface area (Å²) in [5, 5.41) is 42.9. The van der Waals surface area contributed by atoms with Gasteiger partial charge in [-0.3, -0.25) is 4.79 Å². The molecule has 0 radical (unpaired) electrons. The number of fused-ring (bicyclic) bond motifs is 3. The van der Waals surface area contributed by atoms with Crippen LogP contribution in [-0.4, -0.2) is 111 Å². The number of aliphatic hydroxyl groups is 4. The maximum absolute atomic E-state index is 15.7. The van der Waals surface area contributed by atoms with Crippen molar-refractivity contribution in [1.82, 2.24) is 5.32 Å². The quantitative estimate of drug-likeness (QED) is 0.240. The summed E-state index contributed by atoms with van der Waals surface area (Å²) < 4.78 is 70.0. The fourth-order valence-corrected chi connectivity index (χ4v) is 6.90. The molecule has 3 heterocycles. The average molecular weight is 640 g/mol. The van der Waals surface area contributed by atoms with Crippen LogP contribution in [0.2, 0.25) is 0 Å². The predicted molar refractivity (Wildman–Crippen MR) is 148 cm³/mol. The molecule has 2 saturated heterocycles. The average Bonchev–Trinajstić information content (AvgIpc) is 3.66. The number of rotatable bonds is 9. The maximum atomic E-state index is 15.7. The van der Waals surface area contributed by atoms with E-state index in [-0.39, 0.29) is 13.4 Å². The number of alkyl halides is 2. The number of benzene rings is 2. The third kappa shape index (κ3) is 5.20. The fourth-order valence-electron chi connectivity index (χ4n) is 6.90. The first-order valence-electron chi connectivity index (χ1n) is 14.4. The van der Waals surface area contributed by atoms with Crippen LogP contribution in [0, 0.1) is 11.8 Å². The van der Waals surface area contributed by atoms with Crippen LogP contribution in [0.4, 0.5) is 8.78 Å². The van der Waals surface area contributed by atoms with Crippen LogP contribution in [0.1, 0.15) is 28.7 Å². The molecule has 9 atom stereocenters. The number of methoxy groups -OCH3 is 3. The molecule has 2 fully saturated rings. The molecule has 0 amide bonds. The molecule has 0 aromatic heterocycles. The van der Waals surface area contributed by atoms with E-state index in [1.54, 1.807) is 24.3 Å². The molecule has 246 valence electrons. The molecule has 0 saturated carbocycles. The van der Waals surface area contributed by atoms with Crippen LogP contribution >= 0.6 is 0 Å². The molecular weight excluding hydrogens is 604 g/mol. The SMILES string of the molecule is COc1cc([C@@H]2c3cc4c(cc3[C@H](NCC(F)(F)[C@@H]3O[C@H](CO)[C@@H](O)[C@H](O)[C@H]3O)[C@H]3COC(=O)[C@H]23)OCO4)cc(OC)c1OC. The standard InChI is InChI=1S/C30H35F2NO12/c1-39-18-4-12(5-19(40-2)27(18)41-3)21-13-6-16-17(44-11-43-16)7-14(13)23(15-9-42-29(38)22(15)21)33-10-30(31,32)28-26(37)25(36)24(35)20(8-34)45-28/h4-7,15,20-26,28,33-37H,8-11H2,1-3H3/t15-,20+,21+,22-,23-,24+,25-,26+,28+/m0/s1. The number of esters is 1. The summed E-state index contributed by atoms with van der Waals surface area (Å²) in [5.41, 5.74) is 1.79. The third-order valence-electron chi connectivity index (χ3n) is 9.10. The Morgan fingerprint density at radius 3 is 2.16 bits per heavy atom. The van der Waals surface area contributed by atoms with Gasteiger partial charge in [-0.25, -0.2) is 8.78 Å².